The highest BCUT2D eigenvalue weighted by Gasteiger charge is 2.15. The van der Waals surface area contributed by atoms with Crippen LogP contribution in [0.5, 0.6) is 11.5 Å². The number of hydrogen-bond acceptors (Lipinski definition) is 9. The van der Waals surface area contributed by atoms with Gasteiger partial charge in [0, 0.05) is 16.7 Å². The van der Waals surface area contributed by atoms with Crippen LogP contribution in [0.1, 0.15) is 24.2 Å². The molecule has 0 atom stereocenters. The van der Waals surface area contributed by atoms with Crippen molar-refractivity contribution in [3.8, 4) is 33.8 Å². The van der Waals surface area contributed by atoms with Crippen LogP contribution >= 0.6 is 0 Å². The number of carbonyl (C=O) groups is 4. The standard InChI is InChI=1S/C32H30O9/c1-21(2)30(34)38-16-15-37-29-19-26(32(36)40-18-17-39-31(35)22(3)4)11-14-28(29)25-7-5-23(6-8-25)24-9-12-27(13-10-24)41-20-33/h5-14,19-20H,1,3,15-18H2,2,4H3. The van der Waals surface area contributed by atoms with E-state index in [9.17, 15) is 19.2 Å². The molecule has 0 spiro atoms. The molecular formula is C32H30O9. The lowest BCUT2D eigenvalue weighted by molar-refractivity contribution is -0.140. The van der Waals surface area contributed by atoms with E-state index < -0.39 is 17.9 Å². The quantitative estimate of drug-likeness (QED) is 0.0851. The number of rotatable bonds is 14. The summed E-state index contributed by atoms with van der Waals surface area (Å²) < 4.78 is 26.0. The molecule has 0 aliphatic heterocycles. The molecule has 0 aromatic heterocycles. The summed E-state index contributed by atoms with van der Waals surface area (Å²) in [5.74, 6) is -0.896. The van der Waals surface area contributed by atoms with E-state index in [0.717, 1.165) is 16.7 Å². The first-order valence-electron chi connectivity index (χ1n) is 12.6. The topological polar surface area (TPSA) is 114 Å². The van der Waals surface area contributed by atoms with E-state index in [1.54, 1.807) is 31.2 Å². The molecular weight excluding hydrogens is 528 g/mol. The van der Waals surface area contributed by atoms with Gasteiger partial charge in [0.25, 0.3) is 6.47 Å². The Balaban J connectivity index is 1.77. The van der Waals surface area contributed by atoms with Crippen molar-refractivity contribution in [1.29, 1.82) is 0 Å². The summed E-state index contributed by atoms with van der Waals surface area (Å²) in [5, 5.41) is 0. The van der Waals surface area contributed by atoms with Crippen LogP contribution < -0.4 is 9.47 Å². The number of hydrogen-bond donors (Lipinski definition) is 0. The lowest BCUT2D eigenvalue weighted by atomic mass is 9.98. The molecule has 0 aliphatic carbocycles. The number of esters is 3. The van der Waals surface area contributed by atoms with Crippen molar-refractivity contribution in [2.24, 2.45) is 0 Å². The fourth-order valence-corrected chi connectivity index (χ4v) is 3.52. The Hall–Kier alpha value is -5.18. The third kappa shape index (κ3) is 8.93. The van der Waals surface area contributed by atoms with Crippen molar-refractivity contribution in [2.75, 3.05) is 26.4 Å². The second kappa shape index (κ2) is 14.8. The molecule has 0 saturated heterocycles. The third-order valence-electron chi connectivity index (χ3n) is 5.61. The lowest BCUT2D eigenvalue weighted by Crippen LogP contribution is -2.15. The first-order valence-corrected chi connectivity index (χ1v) is 12.6. The van der Waals surface area contributed by atoms with Gasteiger partial charge in [0.2, 0.25) is 0 Å². The molecule has 0 fully saturated rings. The van der Waals surface area contributed by atoms with Crippen molar-refractivity contribution in [2.45, 2.75) is 13.8 Å². The molecule has 9 nitrogen and oxygen atoms in total. The lowest BCUT2D eigenvalue weighted by Gasteiger charge is -2.14. The van der Waals surface area contributed by atoms with Crippen molar-refractivity contribution in [1.82, 2.24) is 0 Å². The first-order chi connectivity index (χ1) is 19.7. The second-order valence-corrected chi connectivity index (χ2v) is 8.84. The van der Waals surface area contributed by atoms with Gasteiger partial charge in [-0.25, -0.2) is 14.4 Å². The van der Waals surface area contributed by atoms with Crippen molar-refractivity contribution < 1.29 is 42.9 Å². The maximum Gasteiger partial charge on any atom is 0.338 e. The predicted octanol–water partition coefficient (Wildman–Crippen LogP) is 5.33. The van der Waals surface area contributed by atoms with Crippen molar-refractivity contribution >= 4 is 24.4 Å². The van der Waals surface area contributed by atoms with Gasteiger partial charge >= 0.3 is 17.9 Å². The minimum absolute atomic E-state index is 0.0172. The fraction of sp³-hybridized carbons (Fsp3) is 0.188. The molecule has 0 radical (unpaired) electrons. The third-order valence-corrected chi connectivity index (χ3v) is 5.61. The number of ether oxygens (including phenoxy) is 5. The minimum atomic E-state index is -0.626. The Kier molecular flexibility index (Phi) is 11.0. The van der Waals surface area contributed by atoms with Gasteiger partial charge in [0.05, 0.1) is 5.56 Å². The van der Waals surface area contributed by atoms with Crippen molar-refractivity contribution in [3.63, 3.8) is 0 Å². The van der Waals surface area contributed by atoms with Crippen LogP contribution in [0, 0.1) is 0 Å². The Bertz CT molecular complexity index is 1420. The SMILES string of the molecule is C=C(C)C(=O)OCCOC(=O)c1ccc(-c2ccc(-c3ccc(OC=O)cc3)cc2)c(OCCOC(=O)C(=C)C)c1. The van der Waals surface area contributed by atoms with Crippen LogP contribution in [-0.4, -0.2) is 50.8 Å². The molecule has 9 heteroatoms. The van der Waals surface area contributed by atoms with Gasteiger partial charge in [-0.1, -0.05) is 49.6 Å². The summed E-state index contributed by atoms with van der Waals surface area (Å²) in [4.78, 5) is 46.3. The highest BCUT2D eigenvalue weighted by Crippen LogP contribution is 2.33. The Morgan fingerprint density at radius 2 is 1.20 bits per heavy atom. The molecule has 0 N–H and O–H groups in total. The van der Waals surface area contributed by atoms with E-state index in [2.05, 4.69) is 13.2 Å². The molecule has 3 rings (SSSR count). The van der Waals surface area contributed by atoms with Gasteiger partial charge in [0.15, 0.2) is 0 Å². The van der Waals surface area contributed by atoms with Crippen LogP contribution in [0.3, 0.4) is 0 Å². The molecule has 0 amide bonds. The molecule has 0 aliphatic rings. The number of carbonyl (C=O) groups excluding carboxylic acids is 4. The summed E-state index contributed by atoms with van der Waals surface area (Å²) in [6, 6.07) is 19.6. The zero-order chi connectivity index (χ0) is 29.8. The molecule has 212 valence electrons. The highest BCUT2D eigenvalue weighted by atomic mass is 16.6. The van der Waals surface area contributed by atoms with E-state index in [0.29, 0.717) is 23.5 Å². The number of benzene rings is 3. The summed E-state index contributed by atoms with van der Waals surface area (Å²) in [5.41, 5.74) is 4.13. The first kappa shape index (κ1) is 30.4. The molecule has 3 aromatic carbocycles. The van der Waals surface area contributed by atoms with Gasteiger partial charge in [-0.3, -0.25) is 4.79 Å². The molecule has 3 aromatic rings. The van der Waals surface area contributed by atoms with Crippen LogP contribution in [0.2, 0.25) is 0 Å². The summed E-state index contributed by atoms with van der Waals surface area (Å²) >= 11 is 0. The van der Waals surface area contributed by atoms with Crippen LogP contribution in [0.4, 0.5) is 0 Å². The maximum atomic E-state index is 12.6. The Labute approximate surface area is 237 Å². The summed E-state index contributed by atoms with van der Waals surface area (Å²) in [6.07, 6.45) is 0. The van der Waals surface area contributed by atoms with E-state index in [4.69, 9.17) is 23.7 Å². The molecule has 41 heavy (non-hydrogen) atoms. The van der Waals surface area contributed by atoms with Crippen LogP contribution in [0.25, 0.3) is 22.3 Å². The van der Waals surface area contributed by atoms with Gasteiger partial charge in [-0.2, -0.15) is 0 Å². The smallest absolute Gasteiger partial charge is 0.338 e. The summed E-state index contributed by atoms with van der Waals surface area (Å²) in [7, 11) is 0. The average molecular weight is 559 g/mol. The zero-order valence-corrected chi connectivity index (χ0v) is 22.8. The molecule has 0 unspecified atom stereocenters. The normalized spacial score (nSPS) is 10.2. The fourth-order valence-electron chi connectivity index (χ4n) is 3.52. The van der Waals surface area contributed by atoms with Gasteiger partial charge < -0.3 is 23.7 Å². The average Bonchev–Trinajstić information content (AvgIpc) is 2.97. The molecule has 0 saturated carbocycles. The molecule has 0 bridgehead atoms. The second-order valence-electron chi connectivity index (χ2n) is 8.84. The van der Waals surface area contributed by atoms with Gasteiger partial charge in [0.1, 0.15) is 37.9 Å². The largest absolute Gasteiger partial charge is 0.489 e. The van der Waals surface area contributed by atoms with Crippen molar-refractivity contribution in [3.05, 3.63) is 96.6 Å². The highest BCUT2D eigenvalue weighted by molar-refractivity contribution is 5.91. The van der Waals surface area contributed by atoms with Crippen LogP contribution in [0.15, 0.2) is 91.0 Å². The minimum Gasteiger partial charge on any atom is -0.489 e. The predicted molar refractivity (Wildman–Crippen MR) is 151 cm³/mol. The monoisotopic (exact) mass is 558 g/mol. The van der Waals surface area contributed by atoms with E-state index in [-0.39, 0.29) is 43.1 Å². The van der Waals surface area contributed by atoms with E-state index in [1.165, 1.54) is 13.0 Å². The maximum absolute atomic E-state index is 12.6. The summed E-state index contributed by atoms with van der Waals surface area (Å²) in [6.45, 7) is 10.3. The van der Waals surface area contributed by atoms with Gasteiger partial charge in [-0.05, 0) is 60.9 Å². The van der Waals surface area contributed by atoms with E-state index >= 15 is 0 Å². The van der Waals surface area contributed by atoms with Crippen LogP contribution in [-0.2, 0) is 28.6 Å². The Morgan fingerprint density at radius 3 is 1.76 bits per heavy atom. The van der Waals surface area contributed by atoms with E-state index in [1.807, 2.05) is 36.4 Å². The zero-order valence-electron chi connectivity index (χ0n) is 22.8. The van der Waals surface area contributed by atoms with Gasteiger partial charge in [-0.15, -0.1) is 0 Å². The molecule has 0 heterocycles. The Morgan fingerprint density at radius 1 is 0.683 bits per heavy atom.